The van der Waals surface area contributed by atoms with Crippen LogP contribution in [0.2, 0.25) is 6.82 Å². The molecule has 0 spiro atoms. The highest BCUT2D eigenvalue weighted by atomic mass is 16.5. The van der Waals surface area contributed by atoms with E-state index in [0.717, 1.165) is 22.2 Å². The van der Waals surface area contributed by atoms with Crippen molar-refractivity contribution in [2.75, 3.05) is 0 Å². The number of hydrogen-bond acceptors (Lipinski definition) is 2. The minimum absolute atomic E-state index is 0.0419. The maximum Gasteiger partial charge on any atom is 0.324 e. The third-order valence-electron chi connectivity index (χ3n) is 5.37. The number of benzene rings is 1. The summed E-state index contributed by atoms with van der Waals surface area (Å²) in [7, 11) is 0. The van der Waals surface area contributed by atoms with Gasteiger partial charge in [-0.2, -0.15) is 0 Å². The molecule has 144 valence electrons. The molecule has 2 N–H and O–H groups in total. The minimum Gasteiger partial charge on any atom is -0.426 e. The highest BCUT2D eigenvalue weighted by molar-refractivity contribution is 6.66. The van der Waals surface area contributed by atoms with Crippen molar-refractivity contribution < 1.29 is 4.65 Å². The standard InChI is InChI=1S/C24H34BNO/c1-10-12-13-21(18(3)4)22(26)19-14-16-20(17-15-19)25(9)27-24(7,8)23(5,6)11-2/h10-17H,1-3,26H2,4-9H3/b13-12-,22-21-. The highest BCUT2D eigenvalue weighted by Crippen LogP contribution is 2.35. The molecule has 3 heteroatoms. The lowest BCUT2D eigenvalue weighted by Gasteiger charge is -2.41. The van der Waals surface area contributed by atoms with Gasteiger partial charge in [0.25, 0.3) is 0 Å². The maximum absolute atomic E-state index is 6.37. The second-order valence-electron chi connectivity index (χ2n) is 8.02. The van der Waals surface area contributed by atoms with Crippen LogP contribution in [0.25, 0.3) is 5.70 Å². The summed E-state index contributed by atoms with van der Waals surface area (Å²) in [6.45, 7) is 24.1. The molecule has 0 amide bonds. The second-order valence-corrected chi connectivity index (χ2v) is 8.02. The molecule has 1 aromatic carbocycles. The van der Waals surface area contributed by atoms with Crippen molar-refractivity contribution in [1.82, 2.24) is 0 Å². The van der Waals surface area contributed by atoms with E-state index in [1.165, 1.54) is 0 Å². The first-order valence-electron chi connectivity index (χ1n) is 9.33. The van der Waals surface area contributed by atoms with E-state index in [0.29, 0.717) is 5.70 Å². The van der Waals surface area contributed by atoms with Crippen molar-refractivity contribution in [1.29, 1.82) is 0 Å². The SMILES string of the molecule is C=C/C=C\C(C(=C)C)=C(\N)c1ccc(B(C)OC(C)(C)C(C)(C)C=C)cc1. The quantitative estimate of drug-likeness (QED) is 0.357. The molecule has 0 aliphatic carbocycles. The number of allylic oxidation sites excluding steroid dienone is 5. The van der Waals surface area contributed by atoms with Gasteiger partial charge in [0.1, 0.15) is 0 Å². The minimum atomic E-state index is -0.339. The van der Waals surface area contributed by atoms with Crippen molar-refractivity contribution >= 4 is 18.1 Å². The van der Waals surface area contributed by atoms with Gasteiger partial charge in [0.05, 0.1) is 5.60 Å². The van der Waals surface area contributed by atoms with E-state index in [1.54, 1.807) is 6.08 Å². The number of nitrogens with two attached hydrogens (primary N) is 1. The van der Waals surface area contributed by atoms with Gasteiger partial charge < -0.3 is 10.4 Å². The zero-order valence-corrected chi connectivity index (χ0v) is 17.8. The molecule has 0 saturated carbocycles. The van der Waals surface area contributed by atoms with E-state index >= 15 is 0 Å². The first kappa shape index (κ1) is 22.8. The molecule has 0 saturated heterocycles. The van der Waals surface area contributed by atoms with Crippen LogP contribution in [0, 0.1) is 5.41 Å². The zero-order chi connectivity index (χ0) is 20.8. The summed E-state index contributed by atoms with van der Waals surface area (Å²) < 4.78 is 6.37. The number of rotatable bonds is 9. The van der Waals surface area contributed by atoms with Crippen LogP contribution < -0.4 is 11.2 Å². The lowest BCUT2D eigenvalue weighted by atomic mass is 9.61. The van der Waals surface area contributed by atoms with E-state index in [1.807, 2.05) is 37.3 Å². The monoisotopic (exact) mass is 363 g/mol. The molecule has 0 fully saturated rings. The topological polar surface area (TPSA) is 35.2 Å². The summed E-state index contributed by atoms with van der Waals surface area (Å²) >= 11 is 0. The van der Waals surface area contributed by atoms with Gasteiger partial charge in [0.15, 0.2) is 0 Å². The molecule has 0 bridgehead atoms. The fraction of sp³-hybridized carbons (Fsp3) is 0.333. The van der Waals surface area contributed by atoms with Gasteiger partial charge in [-0.25, -0.2) is 0 Å². The normalized spacial score (nSPS) is 13.3. The average Bonchev–Trinajstić information content (AvgIpc) is 2.61. The third kappa shape index (κ3) is 5.61. The van der Waals surface area contributed by atoms with E-state index in [9.17, 15) is 0 Å². The summed E-state index contributed by atoms with van der Waals surface area (Å²) in [5.74, 6) is 0. The molecular formula is C24H34BNO. The van der Waals surface area contributed by atoms with E-state index in [-0.39, 0.29) is 17.9 Å². The van der Waals surface area contributed by atoms with Crippen LogP contribution in [0.15, 0.2) is 79.5 Å². The molecule has 0 radical (unpaired) electrons. The molecule has 1 rings (SSSR count). The highest BCUT2D eigenvalue weighted by Gasteiger charge is 2.37. The molecule has 0 aliphatic rings. The first-order valence-corrected chi connectivity index (χ1v) is 9.33. The Morgan fingerprint density at radius 2 is 1.67 bits per heavy atom. The molecule has 2 nitrogen and oxygen atoms in total. The van der Waals surface area contributed by atoms with E-state index < -0.39 is 0 Å². The molecule has 0 heterocycles. The van der Waals surface area contributed by atoms with Crippen LogP contribution in [0.3, 0.4) is 0 Å². The molecule has 0 aliphatic heterocycles. The Hall–Kier alpha value is -2.26. The summed E-state index contributed by atoms with van der Waals surface area (Å²) in [6.07, 6.45) is 7.48. The zero-order valence-electron chi connectivity index (χ0n) is 17.8. The second kappa shape index (κ2) is 9.10. The fourth-order valence-corrected chi connectivity index (χ4v) is 2.62. The van der Waals surface area contributed by atoms with Crippen molar-refractivity contribution in [2.45, 2.75) is 47.0 Å². The molecule has 0 unspecified atom stereocenters. The van der Waals surface area contributed by atoms with Gasteiger partial charge in [0.2, 0.25) is 0 Å². The Morgan fingerprint density at radius 1 is 1.11 bits per heavy atom. The third-order valence-corrected chi connectivity index (χ3v) is 5.37. The fourth-order valence-electron chi connectivity index (χ4n) is 2.62. The number of hydrogen-bond donors (Lipinski definition) is 1. The van der Waals surface area contributed by atoms with Crippen LogP contribution in [-0.4, -0.2) is 12.5 Å². The predicted molar refractivity (Wildman–Crippen MR) is 122 cm³/mol. The van der Waals surface area contributed by atoms with E-state index in [4.69, 9.17) is 10.4 Å². The van der Waals surface area contributed by atoms with Gasteiger partial charge in [0, 0.05) is 16.7 Å². The molecule has 27 heavy (non-hydrogen) atoms. The van der Waals surface area contributed by atoms with Crippen molar-refractivity contribution in [3.63, 3.8) is 0 Å². The predicted octanol–water partition coefficient (Wildman–Crippen LogP) is 5.51. The summed E-state index contributed by atoms with van der Waals surface area (Å²) in [5.41, 5.74) is 10.5. The summed E-state index contributed by atoms with van der Waals surface area (Å²) in [4.78, 5) is 0. The van der Waals surface area contributed by atoms with Crippen molar-refractivity contribution in [3.8, 4) is 0 Å². The van der Waals surface area contributed by atoms with Crippen molar-refractivity contribution in [2.24, 2.45) is 11.1 Å². The maximum atomic E-state index is 6.37. The Kier molecular flexibility index (Phi) is 7.68. The molecular weight excluding hydrogens is 329 g/mol. The van der Waals surface area contributed by atoms with E-state index in [2.05, 4.69) is 66.4 Å². The Bertz CT molecular complexity index is 751. The van der Waals surface area contributed by atoms with Crippen LogP contribution in [0.1, 0.15) is 40.2 Å². The van der Waals surface area contributed by atoms with Crippen LogP contribution in [0.5, 0.6) is 0 Å². The Morgan fingerprint density at radius 3 is 2.11 bits per heavy atom. The Labute approximate surface area is 166 Å². The van der Waals surface area contributed by atoms with Gasteiger partial charge in [-0.05, 0) is 37.4 Å². The lowest BCUT2D eigenvalue weighted by Crippen LogP contribution is -2.47. The summed E-state index contributed by atoms with van der Waals surface area (Å²) in [6, 6.07) is 8.19. The van der Waals surface area contributed by atoms with Gasteiger partial charge in [-0.15, -0.1) is 6.58 Å². The lowest BCUT2D eigenvalue weighted by molar-refractivity contribution is 0.0184. The molecule has 0 atom stereocenters. The van der Waals surface area contributed by atoms with Crippen molar-refractivity contribution in [3.05, 3.63) is 85.0 Å². The smallest absolute Gasteiger partial charge is 0.324 e. The average molecular weight is 363 g/mol. The van der Waals surface area contributed by atoms with Gasteiger partial charge in [-0.3, -0.25) is 0 Å². The molecule has 1 aromatic rings. The van der Waals surface area contributed by atoms with Gasteiger partial charge in [-0.1, -0.05) is 82.4 Å². The van der Waals surface area contributed by atoms with Gasteiger partial charge >= 0.3 is 6.92 Å². The Balaban J connectivity index is 3.11. The van der Waals surface area contributed by atoms with Crippen LogP contribution in [-0.2, 0) is 4.65 Å². The van der Waals surface area contributed by atoms with Crippen LogP contribution in [0.4, 0.5) is 0 Å². The summed E-state index contributed by atoms with van der Waals surface area (Å²) in [5, 5.41) is 0. The van der Waals surface area contributed by atoms with Crippen LogP contribution >= 0.6 is 0 Å². The first-order chi connectivity index (χ1) is 12.5. The largest absolute Gasteiger partial charge is 0.426 e. The molecule has 0 aromatic heterocycles.